The average Bonchev–Trinajstić information content (AvgIpc) is 2.92. The van der Waals surface area contributed by atoms with E-state index in [2.05, 4.69) is 6.92 Å². The average molecular weight is 282 g/mol. The zero-order chi connectivity index (χ0) is 14.1. The Morgan fingerprint density at radius 3 is 2.70 bits per heavy atom. The van der Waals surface area contributed by atoms with Gasteiger partial charge in [0.2, 0.25) is 0 Å². The summed E-state index contributed by atoms with van der Waals surface area (Å²) in [6.45, 7) is 6.05. The predicted octanol–water partition coefficient (Wildman–Crippen LogP) is 2.44. The Balaban J connectivity index is 1.64. The summed E-state index contributed by atoms with van der Waals surface area (Å²) in [5.74, 6) is 1.12. The first-order valence-corrected chi connectivity index (χ1v) is 8.18. The molecule has 20 heavy (non-hydrogen) atoms. The van der Waals surface area contributed by atoms with E-state index in [9.17, 15) is 5.11 Å². The van der Waals surface area contributed by atoms with Crippen LogP contribution in [-0.4, -0.2) is 35.0 Å². The molecule has 0 amide bonds. The molecule has 4 rings (SSSR count). The smallest absolute Gasteiger partial charge is 0.190 e. The molecule has 7 atom stereocenters. The molecule has 0 aromatic heterocycles. The van der Waals surface area contributed by atoms with Gasteiger partial charge in [0.05, 0.1) is 6.10 Å². The minimum atomic E-state index is -0.842. The fourth-order valence-electron chi connectivity index (χ4n) is 5.29. The van der Waals surface area contributed by atoms with E-state index in [0.29, 0.717) is 17.8 Å². The summed E-state index contributed by atoms with van der Waals surface area (Å²) in [5.41, 5.74) is -0.842. The van der Waals surface area contributed by atoms with Gasteiger partial charge < -0.3 is 19.3 Å². The van der Waals surface area contributed by atoms with E-state index < -0.39 is 11.4 Å². The van der Waals surface area contributed by atoms with E-state index in [1.54, 1.807) is 0 Å². The van der Waals surface area contributed by atoms with Gasteiger partial charge in [-0.1, -0.05) is 26.2 Å². The van der Waals surface area contributed by atoms with Gasteiger partial charge in [0.1, 0.15) is 11.7 Å². The van der Waals surface area contributed by atoms with Gasteiger partial charge in [-0.05, 0) is 44.4 Å². The minimum absolute atomic E-state index is 0.0937. The molecule has 2 saturated carbocycles. The van der Waals surface area contributed by atoms with Gasteiger partial charge >= 0.3 is 0 Å². The molecule has 1 N–H and O–H groups in total. The summed E-state index contributed by atoms with van der Waals surface area (Å²) in [7, 11) is 0. The third-order valence-electron chi connectivity index (χ3n) is 6.03. The molecular weight excluding hydrogens is 256 g/mol. The van der Waals surface area contributed by atoms with Gasteiger partial charge in [0.15, 0.2) is 12.1 Å². The van der Waals surface area contributed by atoms with Crippen molar-refractivity contribution in [3.8, 4) is 0 Å². The van der Waals surface area contributed by atoms with Crippen LogP contribution in [0.5, 0.6) is 0 Å². The van der Waals surface area contributed by atoms with E-state index in [4.69, 9.17) is 14.2 Å². The van der Waals surface area contributed by atoms with Crippen LogP contribution in [-0.2, 0) is 14.2 Å². The summed E-state index contributed by atoms with van der Waals surface area (Å²) in [6.07, 6.45) is 4.99. The van der Waals surface area contributed by atoms with E-state index in [-0.39, 0.29) is 18.5 Å². The Labute approximate surface area is 120 Å². The summed E-state index contributed by atoms with van der Waals surface area (Å²) in [5, 5.41) is 11.2. The Morgan fingerprint density at radius 2 is 1.95 bits per heavy atom. The molecule has 4 nitrogen and oxygen atoms in total. The maximum atomic E-state index is 11.2. The molecule has 2 saturated heterocycles. The van der Waals surface area contributed by atoms with Crippen LogP contribution < -0.4 is 0 Å². The lowest BCUT2D eigenvalue weighted by atomic mass is 9.72. The second-order valence-electron chi connectivity index (χ2n) is 7.61. The maximum Gasteiger partial charge on any atom is 0.190 e. The van der Waals surface area contributed by atoms with Crippen LogP contribution in [0.1, 0.15) is 52.9 Å². The first kappa shape index (κ1) is 13.5. The van der Waals surface area contributed by atoms with Crippen molar-refractivity contribution in [2.75, 3.05) is 0 Å². The van der Waals surface area contributed by atoms with Crippen LogP contribution in [0, 0.1) is 17.8 Å². The number of aliphatic hydroxyl groups is 1. The van der Waals surface area contributed by atoms with Crippen LogP contribution in [0.3, 0.4) is 0 Å². The van der Waals surface area contributed by atoms with Gasteiger partial charge in [-0.3, -0.25) is 0 Å². The summed E-state index contributed by atoms with van der Waals surface area (Å²) in [6, 6.07) is 0. The van der Waals surface area contributed by atoms with Crippen LogP contribution in [0.4, 0.5) is 0 Å². The molecule has 2 aliphatic heterocycles. The number of ether oxygens (including phenoxy) is 3. The highest BCUT2D eigenvalue weighted by molar-refractivity contribution is 5.15. The summed E-state index contributed by atoms with van der Waals surface area (Å²) >= 11 is 0. The topological polar surface area (TPSA) is 47.9 Å². The first-order valence-electron chi connectivity index (χ1n) is 8.18. The van der Waals surface area contributed by atoms with E-state index in [1.165, 1.54) is 25.7 Å². The van der Waals surface area contributed by atoms with Crippen LogP contribution in [0.2, 0.25) is 0 Å². The molecule has 2 aliphatic carbocycles. The molecule has 2 heterocycles. The number of rotatable bonds is 1. The van der Waals surface area contributed by atoms with Gasteiger partial charge in [-0.2, -0.15) is 0 Å². The quantitative estimate of drug-likeness (QED) is 0.802. The van der Waals surface area contributed by atoms with Crippen molar-refractivity contribution in [1.82, 2.24) is 0 Å². The van der Waals surface area contributed by atoms with Crippen molar-refractivity contribution < 1.29 is 19.3 Å². The highest BCUT2D eigenvalue weighted by Gasteiger charge is 2.69. The van der Waals surface area contributed by atoms with Crippen LogP contribution in [0.25, 0.3) is 0 Å². The molecule has 114 valence electrons. The first-order chi connectivity index (χ1) is 9.44. The van der Waals surface area contributed by atoms with Crippen molar-refractivity contribution in [2.24, 2.45) is 17.8 Å². The largest absolute Gasteiger partial charge is 0.384 e. The Kier molecular flexibility index (Phi) is 2.83. The highest BCUT2D eigenvalue weighted by Crippen LogP contribution is 2.59. The maximum absolute atomic E-state index is 11.2. The monoisotopic (exact) mass is 282 g/mol. The molecule has 4 aliphatic rings. The third-order valence-corrected chi connectivity index (χ3v) is 6.03. The lowest BCUT2D eigenvalue weighted by Crippen LogP contribution is -2.47. The molecule has 4 fully saturated rings. The minimum Gasteiger partial charge on any atom is -0.384 e. The van der Waals surface area contributed by atoms with Crippen LogP contribution >= 0.6 is 0 Å². The molecule has 0 aromatic rings. The molecule has 4 heteroatoms. The van der Waals surface area contributed by atoms with E-state index >= 15 is 0 Å². The van der Waals surface area contributed by atoms with Crippen molar-refractivity contribution in [2.45, 2.75) is 82.8 Å². The lowest BCUT2D eigenvalue weighted by Gasteiger charge is -2.36. The Morgan fingerprint density at radius 1 is 1.15 bits per heavy atom. The lowest BCUT2D eigenvalue weighted by molar-refractivity contribution is -0.231. The molecule has 0 bridgehead atoms. The Hall–Kier alpha value is -0.160. The molecule has 0 spiro atoms. The summed E-state index contributed by atoms with van der Waals surface area (Å²) in [4.78, 5) is 0. The predicted molar refractivity (Wildman–Crippen MR) is 72.9 cm³/mol. The molecule has 0 radical (unpaired) electrons. The number of hydrogen-bond acceptors (Lipinski definition) is 4. The third kappa shape index (κ3) is 1.68. The van der Waals surface area contributed by atoms with Crippen LogP contribution in [0.15, 0.2) is 0 Å². The summed E-state index contributed by atoms with van der Waals surface area (Å²) < 4.78 is 17.9. The fraction of sp³-hybridized carbons (Fsp3) is 1.00. The second kappa shape index (κ2) is 4.19. The second-order valence-corrected chi connectivity index (χ2v) is 7.61. The van der Waals surface area contributed by atoms with Crippen molar-refractivity contribution in [3.63, 3.8) is 0 Å². The SMILES string of the molecule is CCC1CCCC2C[C@@]3(O)[C@H](O[C@@H]4OC(C)(C)O[C@@H]43)C12. The highest BCUT2D eigenvalue weighted by atomic mass is 16.8. The number of fused-ring (bicyclic) bond motifs is 5. The van der Waals surface area contributed by atoms with Crippen molar-refractivity contribution >= 4 is 0 Å². The number of hydrogen-bond donors (Lipinski definition) is 1. The normalized spacial score (nSPS) is 56.4. The van der Waals surface area contributed by atoms with E-state index in [1.807, 2.05) is 13.8 Å². The molecule has 0 aromatic carbocycles. The van der Waals surface area contributed by atoms with Crippen molar-refractivity contribution in [1.29, 1.82) is 0 Å². The van der Waals surface area contributed by atoms with Gasteiger partial charge in [-0.15, -0.1) is 0 Å². The standard InChI is InChI=1S/C16H26O4/c1-4-9-6-5-7-10-8-16(17)12(11(9)10)18-14-13(16)19-15(2,3)20-14/h9-14,17H,4-8H2,1-3H3/t9?,10?,11?,12-,13+,14-,16-/m1/s1. The van der Waals surface area contributed by atoms with Gasteiger partial charge in [0, 0.05) is 0 Å². The zero-order valence-electron chi connectivity index (χ0n) is 12.7. The molecular formula is C16H26O4. The zero-order valence-corrected chi connectivity index (χ0v) is 12.7. The fourth-order valence-corrected chi connectivity index (χ4v) is 5.29. The Bertz CT molecular complexity index is 409. The van der Waals surface area contributed by atoms with Gasteiger partial charge in [-0.25, -0.2) is 0 Å². The molecule has 3 unspecified atom stereocenters. The van der Waals surface area contributed by atoms with Gasteiger partial charge in [0.25, 0.3) is 0 Å². The van der Waals surface area contributed by atoms with Crippen molar-refractivity contribution in [3.05, 3.63) is 0 Å². The van der Waals surface area contributed by atoms with E-state index in [0.717, 1.165) is 6.42 Å².